The van der Waals surface area contributed by atoms with Crippen molar-refractivity contribution in [2.75, 3.05) is 24.8 Å². The third-order valence-electron chi connectivity index (χ3n) is 2.87. The quantitative estimate of drug-likeness (QED) is 0.224. The molecular formula is C13H17Cl3N2O3. The maximum absolute atomic E-state index is 12.1. The van der Waals surface area contributed by atoms with Crippen molar-refractivity contribution in [1.82, 2.24) is 4.90 Å². The molecule has 0 fully saturated rings. The van der Waals surface area contributed by atoms with E-state index in [0.717, 1.165) is 0 Å². The zero-order valence-corrected chi connectivity index (χ0v) is 13.6. The molecule has 21 heavy (non-hydrogen) atoms. The van der Waals surface area contributed by atoms with Gasteiger partial charge in [0.25, 0.3) is 6.17 Å². The average molecular weight is 356 g/mol. The Morgan fingerprint density at radius 1 is 1.19 bits per heavy atom. The van der Waals surface area contributed by atoms with Crippen LogP contribution in [0.5, 0.6) is 0 Å². The highest BCUT2D eigenvalue weighted by Crippen LogP contribution is 2.12. The molecule has 0 radical (unpaired) electrons. The molecule has 5 nitrogen and oxygen atoms in total. The summed E-state index contributed by atoms with van der Waals surface area (Å²) in [6, 6.07) is 8.53. The first-order valence-corrected chi connectivity index (χ1v) is 7.24. The molecule has 1 aromatic carbocycles. The smallest absolute Gasteiger partial charge is 0.275 e. The van der Waals surface area contributed by atoms with Crippen LogP contribution in [0.2, 0.25) is 0 Å². The number of carbonyl (C=O) groups excluding carboxylic acids is 1. The lowest BCUT2D eigenvalue weighted by Crippen LogP contribution is -2.44. The Balaban J connectivity index is 0.00000400. The highest BCUT2D eigenvalue weighted by Gasteiger charge is 2.30. The Morgan fingerprint density at radius 3 is 2.14 bits per heavy atom. The molecule has 0 heterocycles. The van der Waals surface area contributed by atoms with Crippen molar-refractivity contribution in [2.45, 2.75) is 12.6 Å². The van der Waals surface area contributed by atoms with Gasteiger partial charge in [0.15, 0.2) is 5.78 Å². The minimum absolute atomic E-state index is 0. The zero-order chi connectivity index (χ0) is 15.0. The molecule has 0 aliphatic heterocycles. The molecule has 0 saturated carbocycles. The van der Waals surface area contributed by atoms with Crippen molar-refractivity contribution in [3.05, 3.63) is 46.0 Å². The zero-order valence-electron chi connectivity index (χ0n) is 11.3. The van der Waals surface area contributed by atoms with Gasteiger partial charge in [-0.2, -0.15) is 0 Å². The van der Waals surface area contributed by atoms with E-state index in [1.54, 1.807) is 30.3 Å². The summed E-state index contributed by atoms with van der Waals surface area (Å²) in [6.45, 7) is 0.643. The molecule has 0 spiro atoms. The number of halogens is 3. The molecule has 0 saturated heterocycles. The van der Waals surface area contributed by atoms with E-state index < -0.39 is 11.1 Å². The van der Waals surface area contributed by atoms with Gasteiger partial charge < -0.3 is 0 Å². The first-order valence-electron chi connectivity index (χ1n) is 6.18. The lowest BCUT2D eigenvalue weighted by molar-refractivity contribution is -0.548. The predicted octanol–water partition coefficient (Wildman–Crippen LogP) is 3.06. The maximum atomic E-state index is 12.1. The lowest BCUT2D eigenvalue weighted by Gasteiger charge is -2.23. The summed E-state index contributed by atoms with van der Waals surface area (Å²) in [5.74, 6) is 0.239. The number of ketones is 1. The molecule has 1 aromatic rings. The number of alkyl halides is 2. The van der Waals surface area contributed by atoms with Crippen molar-refractivity contribution in [2.24, 2.45) is 0 Å². The Hall–Kier alpha value is -0.880. The lowest BCUT2D eigenvalue weighted by atomic mass is 10.1. The van der Waals surface area contributed by atoms with E-state index >= 15 is 0 Å². The van der Waals surface area contributed by atoms with Crippen LogP contribution in [-0.4, -0.2) is 46.6 Å². The minimum atomic E-state index is -1.10. The Morgan fingerprint density at radius 2 is 1.71 bits per heavy atom. The van der Waals surface area contributed by atoms with E-state index in [0.29, 0.717) is 18.7 Å². The van der Waals surface area contributed by atoms with Crippen LogP contribution in [0.3, 0.4) is 0 Å². The van der Waals surface area contributed by atoms with Crippen molar-refractivity contribution < 1.29 is 9.72 Å². The first-order chi connectivity index (χ1) is 9.60. The number of nitrogens with zero attached hydrogens (tertiary/aromatic N) is 2. The molecule has 0 N–H and O–H groups in total. The Kier molecular flexibility index (Phi) is 10.3. The van der Waals surface area contributed by atoms with E-state index in [-0.39, 0.29) is 36.4 Å². The third kappa shape index (κ3) is 6.61. The molecule has 8 heteroatoms. The monoisotopic (exact) mass is 354 g/mol. The number of benzene rings is 1. The fourth-order valence-corrected chi connectivity index (χ4v) is 2.31. The van der Waals surface area contributed by atoms with Crippen molar-refractivity contribution in [3.63, 3.8) is 0 Å². The van der Waals surface area contributed by atoms with E-state index in [9.17, 15) is 14.9 Å². The van der Waals surface area contributed by atoms with Crippen LogP contribution in [0.25, 0.3) is 0 Å². The average Bonchev–Trinajstić information content (AvgIpc) is 2.45. The standard InChI is InChI=1S/C13H16Cl2N2O3.ClH/c14-6-8-16(9-7-15)13(17(19)20)10-12(18)11-4-2-1-3-5-11;/h1-5,13H,6-10H2;1H. The van der Waals surface area contributed by atoms with Crippen molar-refractivity contribution in [1.29, 1.82) is 0 Å². The largest absolute Gasteiger partial charge is 0.294 e. The summed E-state index contributed by atoms with van der Waals surface area (Å²) < 4.78 is 0. The highest BCUT2D eigenvalue weighted by molar-refractivity contribution is 6.18. The summed E-state index contributed by atoms with van der Waals surface area (Å²) >= 11 is 11.3. The third-order valence-corrected chi connectivity index (χ3v) is 3.21. The number of carbonyl (C=O) groups is 1. The summed E-state index contributed by atoms with van der Waals surface area (Å²) in [5.41, 5.74) is 0.469. The number of Topliss-reactive ketones (excluding diaryl/α,β-unsaturated/α-hetero) is 1. The topological polar surface area (TPSA) is 63.5 Å². The van der Waals surface area contributed by atoms with Gasteiger partial charge in [0, 0.05) is 35.3 Å². The molecule has 0 amide bonds. The van der Waals surface area contributed by atoms with Gasteiger partial charge in [-0.05, 0) is 0 Å². The molecular weight excluding hydrogens is 339 g/mol. The normalized spacial score (nSPS) is 11.8. The fourth-order valence-electron chi connectivity index (χ4n) is 1.87. The van der Waals surface area contributed by atoms with E-state index in [2.05, 4.69) is 0 Å². The Labute approximate surface area is 139 Å². The minimum Gasteiger partial charge on any atom is -0.294 e. The summed E-state index contributed by atoms with van der Waals surface area (Å²) in [4.78, 5) is 24.3. The number of hydrogen-bond acceptors (Lipinski definition) is 4. The predicted molar refractivity (Wildman–Crippen MR) is 86.4 cm³/mol. The van der Waals surface area contributed by atoms with Gasteiger partial charge >= 0.3 is 0 Å². The second kappa shape index (κ2) is 10.8. The van der Waals surface area contributed by atoms with Crippen LogP contribution in [0, 0.1) is 10.1 Å². The van der Waals surface area contributed by atoms with Crippen LogP contribution >= 0.6 is 35.6 Å². The SMILES string of the molecule is Cl.O=C(CC(N(CCCl)CCCl)[N+](=O)[O-])c1ccccc1. The van der Waals surface area contributed by atoms with E-state index in [4.69, 9.17) is 23.2 Å². The second-order valence-electron chi connectivity index (χ2n) is 4.17. The van der Waals surface area contributed by atoms with Crippen LogP contribution < -0.4 is 0 Å². The fraction of sp³-hybridized carbons (Fsp3) is 0.462. The molecule has 0 aromatic heterocycles. The van der Waals surface area contributed by atoms with Gasteiger partial charge in [-0.3, -0.25) is 14.9 Å². The van der Waals surface area contributed by atoms with Crippen molar-refractivity contribution in [3.8, 4) is 0 Å². The summed E-state index contributed by atoms with van der Waals surface area (Å²) in [5, 5.41) is 11.2. The Bertz CT molecular complexity index is 440. The van der Waals surface area contributed by atoms with Gasteiger partial charge in [0.2, 0.25) is 0 Å². The molecule has 0 aliphatic rings. The molecule has 0 bridgehead atoms. The first kappa shape index (κ1) is 20.1. The maximum Gasteiger partial charge on any atom is 0.275 e. The molecule has 0 aliphatic carbocycles. The number of rotatable bonds is 9. The van der Waals surface area contributed by atoms with Gasteiger partial charge in [-0.1, -0.05) is 30.3 Å². The van der Waals surface area contributed by atoms with E-state index in [1.807, 2.05) is 0 Å². The van der Waals surface area contributed by atoms with Gasteiger partial charge in [0.1, 0.15) is 0 Å². The molecule has 1 atom stereocenters. The van der Waals surface area contributed by atoms with E-state index in [1.165, 1.54) is 4.90 Å². The molecule has 1 rings (SSSR count). The van der Waals surface area contributed by atoms with Crippen molar-refractivity contribution >= 4 is 41.4 Å². The number of nitro groups is 1. The second-order valence-corrected chi connectivity index (χ2v) is 4.93. The number of hydrogen-bond donors (Lipinski definition) is 0. The van der Waals surface area contributed by atoms with Crippen LogP contribution in [0.1, 0.15) is 16.8 Å². The van der Waals surface area contributed by atoms with Gasteiger partial charge in [0.05, 0.1) is 6.42 Å². The molecule has 118 valence electrons. The van der Waals surface area contributed by atoms with Gasteiger partial charge in [-0.25, -0.2) is 4.90 Å². The highest BCUT2D eigenvalue weighted by atomic mass is 35.5. The van der Waals surface area contributed by atoms with Crippen LogP contribution in [-0.2, 0) is 0 Å². The van der Waals surface area contributed by atoms with Gasteiger partial charge in [-0.15, -0.1) is 35.6 Å². The summed E-state index contributed by atoms with van der Waals surface area (Å²) in [7, 11) is 0. The summed E-state index contributed by atoms with van der Waals surface area (Å²) in [6.07, 6.45) is -1.29. The van der Waals surface area contributed by atoms with Crippen LogP contribution in [0.4, 0.5) is 0 Å². The molecule has 1 unspecified atom stereocenters. The van der Waals surface area contributed by atoms with Crippen LogP contribution in [0.15, 0.2) is 30.3 Å².